The molecule has 0 fully saturated rings. The number of para-hydroxylation sites is 4. The SMILES string of the molecule is c1ccc(N(c2ccc3c4cccc5c6ccc7c(c6n(c3c2)c45)-c2ccccc2C72c3ccccc3-c3ccccc32)c2cccc3c2oc2ccccc23)cc1. The number of fused-ring (bicyclic) bond motifs is 20. The van der Waals surface area contributed by atoms with Gasteiger partial charge in [0.05, 0.1) is 27.7 Å². The van der Waals surface area contributed by atoms with Crippen LogP contribution in [-0.4, -0.2) is 4.40 Å². The first-order valence-corrected chi connectivity index (χ1v) is 20.1. The molecule has 14 rings (SSSR count). The van der Waals surface area contributed by atoms with E-state index < -0.39 is 5.41 Å². The van der Waals surface area contributed by atoms with Crippen molar-refractivity contribution in [1.82, 2.24) is 4.40 Å². The van der Waals surface area contributed by atoms with E-state index in [0.29, 0.717) is 0 Å². The minimum Gasteiger partial charge on any atom is -0.454 e. The van der Waals surface area contributed by atoms with Gasteiger partial charge in [0.15, 0.2) is 5.58 Å². The molecule has 9 aromatic carbocycles. The van der Waals surface area contributed by atoms with E-state index in [-0.39, 0.29) is 0 Å². The molecule has 3 heterocycles. The molecule has 1 spiro atoms. The van der Waals surface area contributed by atoms with Crippen molar-refractivity contribution in [2.24, 2.45) is 0 Å². The van der Waals surface area contributed by atoms with Crippen LogP contribution in [0.2, 0.25) is 0 Å². The summed E-state index contributed by atoms with van der Waals surface area (Å²) in [5.41, 5.74) is 19.0. The van der Waals surface area contributed by atoms with Crippen LogP contribution in [-0.2, 0) is 5.41 Å². The first-order valence-electron chi connectivity index (χ1n) is 20.1. The maximum absolute atomic E-state index is 6.68. The van der Waals surface area contributed by atoms with E-state index in [9.17, 15) is 0 Å². The number of nitrogens with zero attached hydrogens (tertiary/aromatic N) is 2. The molecule has 2 aliphatic carbocycles. The molecular formula is C55H32N2O. The summed E-state index contributed by atoms with van der Waals surface area (Å²) in [6, 6.07) is 71.5. The zero-order valence-electron chi connectivity index (χ0n) is 31.3. The normalized spacial score (nSPS) is 13.7. The molecule has 0 radical (unpaired) electrons. The van der Waals surface area contributed by atoms with Crippen LogP contribution in [0.15, 0.2) is 199 Å². The van der Waals surface area contributed by atoms with Gasteiger partial charge in [0.2, 0.25) is 0 Å². The molecule has 58 heavy (non-hydrogen) atoms. The van der Waals surface area contributed by atoms with Crippen LogP contribution in [0.5, 0.6) is 0 Å². The van der Waals surface area contributed by atoms with Crippen LogP contribution in [0.3, 0.4) is 0 Å². The predicted molar refractivity (Wildman–Crippen MR) is 239 cm³/mol. The van der Waals surface area contributed by atoms with Crippen molar-refractivity contribution < 1.29 is 4.42 Å². The Morgan fingerprint density at radius 2 is 0.983 bits per heavy atom. The molecule has 268 valence electrons. The van der Waals surface area contributed by atoms with Crippen molar-refractivity contribution >= 4 is 77.1 Å². The van der Waals surface area contributed by atoms with Crippen molar-refractivity contribution in [2.45, 2.75) is 5.41 Å². The van der Waals surface area contributed by atoms with Crippen molar-refractivity contribution in [2.75, 3.05) is 4.90 Å². The lowest BCUT2D eigenvalue weighted by Crippen LogP contribution is -2.25. The number of furan rings is 1. The molecule has 3 nitrogen and oxygen atoms in total. The molecule has 0 saturated carbocycles. The summed E-state index contributed by atoms with van der Waals surface area (Å²) < 4.78 is 9.26. The molecule has 0 saturated heterocycles. The number of anilines is 3. The summed E-state index contributed by atoms with van der Waals surface area (Å²) >= 11 is 0. The molecule has 3 heteroatoms. The Hall–Kier alpha value is -7.62. The Morgan fingerprint density at radius 3 is 1.78 bits per heavy atom. The molecule has 0 amide bonds. The van der Waals surface area contributed by atoms with E-state index >= 15 is 0 Å². The first kappa shape index (κ1) is 30.6. The second-order valence-corrected chi connectivity index (χ2v) is 15.9. The maximum atomic E-state index is 6.68. The van der Waals surface area contributed by atoms with Gasteiger partial charge in [-0.3, -0.25) is 0 Å². The summed E-state index contributed by atoms with van der Waals surface area (Å²) in [6.07, 6.45) is 0. The Balaban J connectivity index is 1.11. The van der Waals surface area contributed by atoms with Crippen molar-refractivity contribution in [3.63, 3.8) is 0 Å². The summed E-state index contributed by atoms with van der Waals surface area (Å²) in [4.78, 5) is 2.36. The number of rotatable bonds is 3. The molecule has 0 bridgehead atoms. The molecule has 2 aliphatic rings. The lowest BCUT2D eigenvalue weighted by molar-refractivity contribution is 0.669. The van der Waals surface area contributed by atoms with E-state index in [1.807, 2.05) is 6.07 Å². The van der Waals surface area contributed by atoms with Crippen LogP contribution in [0.1, 0.15) is 22.3 Å². The van der Waals surface area contributed by atoms with Crippen molar-refractivity contribution in [1.29, 1.82) is 0 Å². The minimum absolute atomic E-state index is 0.411. The predicted octanol–water partition coefficient (Wildman–Crippen LogP) is 14.5. The van der Waals surface area contributed by atoms with Crippen LogP contribution in [0, 0.1) is 0 Å². The lowest BCUT2D eigenvalue weighted by atomic mass is 9.70. The monoisotopic (exact) mass is 736 g/mol. The standard InChI is InChI=1S/C55H32N2O/c1-2-14-33(15-3-1)56(48-26-13-22-42-38-18-7-11-27-50(38)58-54(42)48)34-28-29-37-39-20-12-21-40-41-30-31-47-51(53(41)57(52(39)40)49(37)32-34)43-19-6-10-25-46(43)55(47)44-23-8-4-16-35(44)36-17-5-9-24-45(36)55/h1-32H. The smallest absolute Gasteiger partial charge is 0.159 e. The highest BCUT2D eigenvalue weighted by Crippen LogP contribution is 2.64. The van der Waals surface area contributed by atoms with Gasteiger partial charge in [-0.2, -0.15) is 0 Å². The van der Waals surface area contributed by atoms with E-state index in [0.717, 1.165) is 39.0 Å². The van der Waals surface area contributed by atoms with Gasteiger partial charge >= 0.3 is 0 Å². The van der Waals surface area contributed by atoms with Crippen molar-refractivity contribution in [3.05, 3.63) is 216 Å². The summed E-state index contributed by atoms with van der Waals surface area (Å²) in [5, 5.41) is 7.32. The van der Waals surface area contributed by atoms with E-state index in [1.54, 1.807) is 0 Å². The van der Waals surface area contributed by atoms with Gasteiger partial charge in [0, 0.05) is 49.3 Å². The molecule has 0 unspecified atom stereocenters. The van der Waals surface area contributed by atoms with Gasteiger partial charge in [0.25, 0.3) is 0 Å². The molecule has 0 aliphatic heterocycles. The Morgan fingerprint density at radius 1 is 0.397 bits per heavy atom. The largest absolute Gasteiger partial charge is 0.454 e. The zero-order valence-corrected chi connectivity index (χ0v) is 31.3. The van der Waals surface area contributed by atoms with Crippen molar-refractivity contribution in [3.8, 4) is 22.3 Å². The molecule has 0 atom stereocenters. The van der Waals surface area contributed by atoms with Gasteiger partial charge in [-0.25, -0.2) is 0 Å². The fourth-order valence-corrected chi connectivity index (χ4v) is 11.2. The molecular weight excluding hydrogens is 705 g/mol. The fourth-order valence-electron chi connectivity index (χ4n) is 11.2. The van der Waals surface area contributed by atoms with Crippen LogP contribution >= 0.6 is 0 Å². The molecule has 0 N–H and O–H groups in total. The van der Waals surface area contributed by atoms with Crippen LogP contribution in [0.25, 0.3) is 82.3 Å². The van der Waals surface area contributed by atoms with Gasteiger partial charge in [-0.1, -0.05) is 158 Å². The Bertz CT molecular complexity index is 3650. The third kappa shape index (κ3) is 3.57. The number of hydrogen-bond donors (Lipinski definition) is 0. The van der Waals surface area contributed by atoms with E-state index in [1.165, 1.54) is 82.6 Å². The van der Waals surface area contributed by atoms with E-state index in [2.05, 4.69) is 197 Å². The highest BCUT2D eigenvalue weighted by Gasteiger charge is 2.52. The second-order valence-electron chi connectivity index (χ2n) is 15.9. The lowest BCUT2D eigenvalue weighted by Gasteiger charge is -2.30. The van der Waals surface area contributed by atoms with Gasteiger partial charge in [0.1, 0.15) is 5.58 Å². The van der Waals surface area contributed by atoms with Gasteiger partial charge in [-0.05, 0) is 75.3 Å². The quantitative estimate of drug-likeness (QED) is 0.180. The average Bonchev–Trinajstić information content (AvgIpc) is 4.07. The third-order valence-corrected chi connectivity index (χ3v) is 13.3. The maximum Gasteiger partial charge on any atom is 0.159 e. The first-order chi connectivity index (χ1) is 28.8. The zero-order chi connectivity index (χ0) is 37.7. The third-order valence-electron chi connectivity index (χ3n) is 13.3. The number of hydrogen-bond acceptors (Lipinski definition) is 2. The topological polar surface area (TPSA) is 20.8 Å². The van der Waals surface area contributed by atoms with Gasteiger partial charge in [-0.15, -0.1) is 0 Å². The minimum atomic E-state index is -0.411. The Labute approximate surface area is 333 Å². The summed E-state index contributed by atoms with van der Waals surface area (Å²) in [6.45, 7) is 0. The second kappa shape index (κ2) is 10.8. The fraction of sp³-hybridized carbons (Fsp3) is 0.0182. The average molecular weight is 737 g/mol. The number of benzene rings is 9. The summed E-state index contributed by atoms with van der Waals surface area (Å²) in [5.74, 6) is 0. The Kier molecular flexibility index (Phi) is 5.70. The van der Waals surface area contributed by atoms with Crippen LogP contribution in [0.4, 0.5) is 17.1 Å². The number of aromatic nitrogens is 1. The van der Waals surface area contributed by atoms with Gasteiger partial charge < -0.3 is 13.7 Å². The molecule has 12 aromatic rings. The molecule has 3 aromatic heterocycles. The van der Waals surface area contributed by atoms with E-state index in [4.69, 9.17) is 4.42 Å². The van der Waals surface area contributed by atoms with Crippen LogP contribution < -0.4 is 4.90 Å². The summed E-state index contributed by atoms with van der Waals surface area (Å²) in [7, 11) is 0. The highest BCUT2D eigenvalue weighted by atomic mass is 16.3. The highest BCUT2D eigenvalue weighted by molar-refractivity contribution is 6.26.